The van der Waals surface area contributed by atoms with Crippen molar-refractivity contribution in [2.75, 3.05) is 0 Å². The summed E-state index contributed by atoms with van der Waals surface area (Å²) in [5.41, 5.74) is 5.20. The lowest BCUT2D eigenvalue weighted by Crippen LogP contribution is -2.03. The van der Waals surface area contributed by atoms with Gasteiger partial charge in [-0.2, -0.15) is 18.3 Å². The lowest BCUT2D eigenvalue weighted by molar-refractivity contribution is -0.137. The third-order valence-electron chi connectivity index (χ3n) is 6.87. The molecular weight excluding hydrogens is 594 g/mol. The molecule has 0 atom stereocenters. The number of imidazole rings is 1. The average Bonchev–Trinajstić information content (AvgIpc) is 3.67. The van der Waals surface area contributed by atoms with Gasteiger partial charge in [-0.05, 0) is 70.8 Å². The Morgan fingerprint density at radius 1 is 0.791 bits per heavy atom. The van der Waals surface area contributed by atoms with Gasteiger partial charge in [-0.1, -0.05) is 77.8 Å². The Morgan fingerprint density at radius 2 is 1.49 bits per heavy atom. The van der Waals surface area contributed by atoms with Crippen LogP contribution in [-0.4, -0.2) is 24.3 Å². The molecule has 0 bridgehead atoms. The predicted octanol–water partition coefficient (Wildman–Crippen LogP) is 9.34. The molecule has 0 aliphatic rings. The minimum Gasteiger partial charge on any atom is -0.326 e. The molecule has 0 saturated heterocycles. The Labute approximate surface area is 255 Å². The van der Waals surface area contributed by atoms with E-state index in [1.807, 2.05) is 77.5 Å². The molecule has 0 radical (unpaired) electrons. The molecule has 5 nitrogen and oxygen atoms in total. The molecule has 0 spiro atoms. The number of alkyl halides is 3. The van der Waals surface area contributed by atoms with Crippen molar-refractivity contribution in [2.24, 2.45) is 0 Å². The quantitative estimate of drug-likeness (QED) is 0.180. The van der Waals surface area contributed by atoms with Crippen LogP contribution in [0.1, 0.15) is 22.5 Å². The molecule has 6 aromatic rings. The van der Waals surface area contributed by atoms with E-state index in [-0.39, 0.29) is 0 Å². The monoisotopic (exact) mass is 615 g/mol. The van der Waals surface area contributed by atoms with Crippen LogP contribution in [-0.2, 0) is 12.7 Å². The van der Waals surface area contributed by atoms with Crippen molar-refractivity contribution < 1.29 is 13.2 Å². The topological polar surface area (TPSA) is 48.5 Å². The normalized spacial score (nSPS) is 11.8. The summed E-state index contributed by atoms with van der Waals surface area (Å²) in [5, 5.41) is 5.22. The fourth-order valence-corrected chi connectivity index (χ4v) is 5.12. The highest BCUT2D eigenvalue weighted by molar-refractivity contribution is 6.36. The third kappa shape index (κ3) is 6.56. The highest BCUT2D eigenvalue weighted by Crippen LogP contribution is 2.32. The van der Waals surface area contributed by atoms with Crippen LogP contribution in [0, 0.1) is 0 Å². The van der Waals surface area contributed by atoms with E-state index in [2.05, 4.69) is 10.1 Å². The molecule has 0 N–H and O–H groups in total. The van der Waals surface area contributed by atoms with Gasteiger partial charge in [-0.25, -0.2) is 14.6 Å². The summed E-state index contributed by atoms with van der Waals surface area (Å²) in [6.07, 6.45) is 4.59. The minimum atomic E-state index is -4.36. The zero-order chi connectivity index (χ0) is 30.0. The summed E-state index contributed by atoms with van der Waals surface area (Å²) in [4.78, 5) is 8.86. The summed E-state index contributed by atoms with van der Waals surface area (Å²) in [7, 11) is 0. The number of benzene rings is 4. The predicted molar refractivity (Wildman–Crippen MR) is 164 cm³/mol. The number of rotatable bonds is 7. The summed E-state index contributed by atoms with van der Waals surface area (Å²) in [6, 6.07) is 26.0. The molecule has 0 saturated carbocycles. The summed E-state index contributed by atoms with van der Waals surface area (Å²) >= 11 is 12.6. The maximum atomic E-state index is 12.9. The van der Waals surface area contributed by atoms with Crippen LogP contribution in [0.15, 0.2) is 110 Å². The molecule has 0 aliphatic carbocycles. The lowest BCUT2D eigenvalue weighted by Gasteiger charge is -2.08. The Hall–Kier alpha value is -4.66. The second-order valence-electron chi connectivity index (χ2n) is 9.77. The van der Waals surface area contributed by atoms with Crippen LogP contribution >= 0.6 is 23.2 Å². The molecule has 0 amide bonds. The lowest BCUT2D eigenvalue weighted by atomic mass is 10.0. The van der Waals surface area contributed by atoms with Gasteiger partial charge in [0.15, 0.2) is 0 Å². The van der Waals surface area contributed by atoms with Crippen molar-refractivity contribution in [3.05, 3.63) is 142 Å². The van der Waals surface area contributed by atoms with E-state index in [9.17, 15) is 13.2 Å². The first-order chi connectivity index (χ1) is 20.7. The molecule has 4 aromatic carbocycles. The number of aromatic nitrogens is 5. The number of nitrogens with zero attached hydrogens (tertiary/aromatic N) is 5. The summed E-state index contributed by atoms with van der Waals surface area (Å²) in [6.45, 7) is 0.558. The van der Waals surface area contributed by atoms with Gasteiger partial charge in [0, 0.05) is 23.3 Å². The molecular formula is C33H22Cl2F3N5. The molecule has 214 valence electrons. The van der Waals surface area contributed by atoms with Gasteiger partial charge >= 0.3 is 6.18 Å². The molecule has 2 heterocycles. The van der Waals surface area contributed by atoms with Crippen LogP contribution in [0.2, 0.25) is 10.0 Å². The second-order valence-corrected chi connectivity index (χ2v) is 10.6. The fraction of sp³-hybridized carbons (Fsp3) is 0.0606. The van der Waals surface area contributed by atoms with Crippen LogP contribution in [0.25, 0.3) is 40.2 Å². The Kier molecular flexibility index (Phi) is 7.88. The third-order valence-corrected chi connectivity index (χ3v) is 7.42. The smallest absolute Gasteiger partial charge is 0.326 e. The Morgan fingerprint density at radius 3 is 2.12 bits per heavy atom. The SMILES string of the molecule is FC(F)(F)c1ccc(-c2ccc(C=Cc3nc(-c4ccc(Cl)cc4Cl)cn3Cc3ccc(-n4cncn4)cc3)cc2)cc1. The molecule has 0 unspecified atom stereocenters. The van der Waals surface area contributed by atoms with E-state index in [0.717, 1.165) is 40.1 Å². The Bertz CT molecular complexity index is 1880. The van der Waals surface area contributed by atoms with Crippen LogP contribution in [0.3, 0.4) is 0 Å². The standard InChI is InChI=1S/C33H22Cl2F3N5/c34-27-12-15-29(30(35)17-27)31-19-42(18-23-3-13-28(14-4-23)43-21-39-20-40-43)32(41-31)16-5-22-1-6-24(7-2-22)25-8-10-26(11-9-25)33(36,37)38/h1-17,19-21H,18H2. The Balaban J connectivity index is 1.27. The zero-order valence-electron chi connectivity index (χ0n) is 22.4. The first kappa shape index (κ1) is 28.5. The second kappa shape index (κ2) is 11.9. The zero-order valence-corrected chi connectivity index (χ0v) is 23.9. The maximum Gasteiger partial charge on any atom is 0.416 e. The molecule has 6 rings (SSSR count). The van der Waals surface area contributed by atoms with Crippen molar-refractivity contribution in [1.82, 2.24) is 24.3 Å². The highest BCUT2D eigenvalue weighted by atomic mass is 35.5. The van der Waals surface area contributed by atoms with E-state index in [1.165, 1.54) is 18.5 Å². The fourth-order valence-electron chi connectivity index (χ4n) is 4.62. The van der Waals surface area contributed by atoms with Crippen molar-refractivity contribution in [1.29, 1.82) is 0 Å². The van der Waals surface area contributed by atoms with Crippen molar-refractivity contribution >= 4 is 35.4 Å². The van der Waals surface area contributed by atoms with E-state index < -0.39 is 11.7 Å². The van der Waals surface area contributed by atoms with Crippen molar-refractivity contribution in [2.45, 2.75) is 12.7 Å². The van der Waals surface area contributed by atoms with E-state index in [0.29, 0.717) is 33.7 Å². The summed E-state index contributed by atoms with van der Waals surface area (Å²) < 4.78 is 42.5. The van der Waals surface area contributed by atoms with Crippen LogP contribution in [0.5, 0.6) is 0 Å². The van der Waals surface area contributed by atoms with Gasteiger partial charge < -0.3 is 4.57 Å². The summed E-state index contributed by atoms with van der Waals surface area (Å²) in [5.74, 6) is 0.716. The number of hydrogen-bond acceptors (Lipinski definition) is 3. The first-order valence-electron chi connectivity index (χ1n) is 13.2. The van der Waals surface area contributed by atoms with Gasteiger partial charge in [0.1, 0.15) is 18.5 Å². The minimum absolute atomic E-state index is 0.503. The van der Waals surface area contributed by atoms with E-state index >= 15 is 0 Å². The van der Waals surface area contributed by atoms with Gasteiger partial charge in [0.25, 0.3) is 0 Å². The molecule has 43 heavy (non-hydrogen) atoms. The number of halogens is 5. The molecule has 10 heteroatoms. The van der Waals surface area contributed by atoms with Crippen LogP contribution in [0.4, 0.5) is 13.2 Å². The van der Waals surface area contributed by atoms with Crippen molar-refractivity contribution in [3.8, 4) is 28.1 Å². The van der Waals surface area contributed by atoms with Gasteiger partial charge in [-0.15, -0.1) is 0 Å². The molecule has 2 aromatic heterocycles. The maximum absolute atomic E-state index is 12.9. The molecule has 0 fully saturated rings. The van der Waals surface area contributed by atoms with Gasteiger partial charge in [0.05, 0.1) is 22.0 Å². The van der Waals surface area contributed by atoms with Crippen molar-refractivity contribution in [3.63, 3.8) is 0 Å². The van der Waals surface area contributed by atoms with Crippen LogP contribution < -0.4 is 0 Å². The van der Waals surface area contributed by atoms with Gasteiger partial charge in [-0.3, -0.25) is 0 Å². The largest absolute Gasteiger partial charge is 0.416 e. The van der Waals surface area contributed by atoms with Gasteiger partial charge in [0.2, 0.25) is 0 Å². The number of hydrogen-bond donors (Lipinski definition) is 0. The average molecular weight is 616 g/mol. The van der Waals surface area contributed by atoms with E-state index in [4.69, 9.17) is 28.2 Å². The first-order valence-corrected chi connectivity index (χ1v) is 13.9. The van der Waals surface area contributed by atoms with E-state index in [1.54, 1.807) is 23.1 Å². The highest BCUT2D eigenvalue weighted by Gasteiger charge is 2.29. The molecule has 0 aliphatic heterocycles.